The lowest BCUT2D eigenvalue weighted by Gasteiger charge is -2.11. The van der Waals surface area contributed by atoms with E-state index in [4.69, 9.17) is 41.0 Å². The maximum Gasteiger partial charge on any atom is 0.353 e. The van der Waals surface area contributed by atoms with Gasteiger partial charge in [-0.25, -0.2) is 34.7 Å². The largest absolute Gasteiger partial charge is 0.353 e. The molecule has 19 nitrogen and oxygen atoms in total. The van der Waals surface area contributed by atoms with E-state index in [1.165, 1.54) is 67.4 Å². The van der Waals surface area contributed by atoms with Crippen LogP contribution in [0.4, 0.5) is 0 Å². The lowest BCUT2D eigenvalue weighted by Crippen LogP contribution is -2.34. The Hall–Kier alpha value is -4.35. The third-order valence-electron chi connectivity index (χ3n) is 14.4. The second kappa shape index (κ2) is 40.5. The zero-order valence-corrected chi connectivity index (χ0v) is 55.7. The van der Waals surface area contributed by atoms with Crippen molar-refractivity contribution < 1.29 is 49.2 Å². The predicted molar refractivity (Wildman–Crippen MR) is 363 cm³/mol. The maximum absolute atomic E-state index is 11.8. The van der Waals surface area contributed by atoms with Gasteiger partial charge in [0.25, 0.3) is 9.05 Å². The van der Waals surface area contributed by atoms with Gasteiger partial charge in [0.15, 0.2) is 0 Å². The van der Waals surface area contributed by atoms with Crippen molar-refractivity contribution in [2.75, 3.05) is 42.3 Å². The van der Waals surface area contributed by atoms with E-state index < -0.39 is 38.4 Å². The lowest BCUT2D eigenvalue weighted by molar-refractivity contribution is -0.121. The number of rotatable bonds is 13. The van der Waals surface area contributed by atoms with Crippen molar-refractivity contribution in [3.8, 4) is 0 Å². The van der Waals surface area contributed by atoms with Crippen molar-refractivity contribution >= 4 is 91.0 Å². The summed E-state index contributed by atoms with van der Waals surface area (Å²) in [7, 11) is 5.04. The van der Waals surface area contributed by atoms with Gasteiger partial charge in [0.2, 0.25) is 31.2 Å². The SMILES string of the molecule is C.C.CCCC(=O)Cl.CCCC(=O)NC1Cc2ccc(S(=O)(=O)NC)cc2C1.CN.CNC1Cc2ccc(S(=O)(=O)Cl)cc2C1.CNC1Cc2ccc(S(=O)(=O)NC)cc2C1.CNC1Cc2ccccc2C1.NC1Cc2ccccc2C1.O=S(=O)(O)Cl.[2HH].[B]. The number of fused-ring (bicyclic) bond motifs is 5. The number of likely N-dealkylation sites (N-methyl/N-ethyl adjacent to an activating group) is 3. The molecule has 0 bridgehead atoms. The Morgan fingerprint density at radius 2 is 0.761 bits per heavy atom. The zero-order chi connectivity index (χ0) is 63.7. The predicted octanol–water partition coefficient (Wildman–Crippen LogP) is 7.34. The van der Waals surface area contributed by atoms with Crippen LogP contribution in [0.3, 0.4) is 0 Å². The van der Waals surface area contributed by atoms with Crippen LogP contribution in [-0.2, 0) is 112 Å². The number of nitrogens with one attached hydrogen (secondary N) is 6. The number of carbonyl (C=O) groups is 2. The van der Waals surface area contributed by atoms with Crippen LogP contribution in [0.25, 0.3) is 0 Å². The molecule has 3 unspecified atom stereocenters. The summed E-state index contributed by atoms with van der Waals surface area (Å²) in [6.45, 7) is 3.89. The summed E-state index contributed by atoms with van der Waals surface area (Å²) in [5.74, 6) is 0.0633. The number of amides is 1. The molecule has 5 aliphatic carbocycles. The van der Waals surface area contributed by atoms with E-state index in [9.17, 15) is 34.8 Å². The quantitative estimate of drug-likeness (QED) is 0.0316. The molecule has 0 saturated carbocycles. The molecule has 10 rings (SSSR count). The van der Waals surface area contributed by atoms with E-state index in [-0.39, 0.29) is 51.7 Å². The number of hydrogen-bond donors (Lipinski definition) is 9. The number of sulfonamides is 2. The molecule has 27 heteroatoms. The van der Waals surface area contributed by atoms with Gasteiger partial charge in [-0.1, -0.05) is 95.4 Å². The lowest BCUT2D eigenvalue weighted by atomic mass is 10.1. The summed E-state index contributed by atoms with van der Waals surface area (Å²) in [4.78, 5) is 22.2. The van der Waals surface area contributed by atoms with Crippen LogP contribution in [0, 0.1) is 0 Å². The van der Waals surface area contributed by atoms with Crippen LogP contribution >= 0.6 is 33.0 Å². The Kier molecular flexibility index (Phi) is 38.5. The normalized spacial score (nSPS) is 16.5. The second-order valence-electron chi connectivity index (χ2n) is 20.5. The van der Waals surface area contributed by atoms with Crippen LogP contribution in [0.5, 0.6) is 0 Å². The average Bonchev–Trinajstić information content (AvgIpc) is 2.64. The summed E-state index contributed by atoms with van der Waals surface area (Å²) in [5.41, 5.74) is 23.0. The average molecular weight is 1360 g/mol. The Morgan fingerprint density at radius 1 is 0.489 bits per heavy atom. The van der Waals surface area contributed by atoms with Crippen molar-refractivity contribution in [2.45, 2.75) is 163 Å². The maximum atomic E-state index is 11.8. The summed E-state index contributed by atoms with van der Waals surface area (Å²) >= 11 is 4.94. The Balaban J connectivity index is 0. The van der Waals surface area contributed by atoms with Gasteiger partial charge in [-0.05, 0) is 223 Å². The molecule has 1 amide bonds. The van der Waals surface area contributed by atoms with E-state index in [0.29, 0.717) is 48.3 Å². The molecule has 0 saturated heterocycles. The van der Waals surface area contributed by atoms with Gasteiger partial charge >= 0.3 is 9.33 Å². The molecule has 5 aromatic rings. The smallest absolute Gasteiger partial charge is 0.353 e. The molecule has 88 heavy (non-hydrogen) atoms. The summed E-state index contributed by atoms with van der Waals surface area (Å²) in [6.07, 6.45) is 12.4. The number of benzene rings is 5. The van der Waals surface area contributed by atoms with Gasteiger partial charge in [0.1, 0.15) is 0 Å². The molecule has 5 aromatic carbocycles. The molecule has 5 aliphatic rings. The van der Waals surface area contributed by atoms with Gasteiger partial charge in [-0.15, -0.1) is 0 Å². The van der Waals surface area contributed by atoms with Crippen LogP contribution in [0.15, 0.2) is 118 Å². The van der Waals surface area contributed by atoms with E-state index in [1.54, 1.807) is 36.4 Å². The number of halogens is 3. The molecule has 3 radical (unpaired) electrons. The highest BCUT2D eigenvalue weighted by Gasteiger charge is 2.26. The fourth-order valence-electron chi connectivity index (χ4n) is 10.1. The molecule has 0 heterocycles. The monoisotopic (exact) mass is 1360 g/mol. The Bertz CT molecular complexity index is 3400. The van der Waals surface area contributed by atoms with Gasteiger partial charge in [0, 0.05) is 74.3 Å². The molecule has 0 aliphatic heterocycles. The standard InChI is InChI=1S/C14H20N2O3S.C11H16N2O2S.C10H12ClNO2S.C10H13N.C9H11N.C4H7ClO.CH5N.2CH4.B.ClHO3S.H2/c1-3-4-14(17)16-12-7-10-5-6-13(9-11(10)8-12)20(18,19)15-2;1-12-10-5-8-3-4-11(7-9(8)6-10)16(14,15)13-2;1-12-9-4-7-2-3-10(15(11,13)14)6-8(7)5-9;1-11-10-6-8-4-2-3-5-9(8)7-10;10-9-5-7-3-1-2-4-8(7)6-9;1-2-3-4(5)6;1-2;;;;1-5(2,3)4;/h5-6,9,12,15H,3-4,7-8H2,1-2H3,(H,16,17);3-4,7,10,12-13H,5-6H2,1-2H3;2-3,6,9,12H,4-5H2,1H3;2-5,10-11H,6-7H2,1H3;1-4,9H,5-6,10H2;2-3H2,1H3;2H2,1H3;2*1H4;;(H,2,3,4);1H/i;;;;;;;;;;;1+1. The van der Waals surface area contributed by atoms with E-state index in [1.807, 2.05) is 53.2 Å². The summed E-state index contributed by atoms with van der Waals surface area (Å²) < 4.78 is 98.9. The van der Waals surface area contributed by atoms with E-state index >= 15 is 0 Å². The molecule has 0 aromatic heterocycles. The Labute approximate surface area is 543 Å². The van der Waals surface area contributed by atoms with Crippen molar-refractivity contribution in [3.05, 3.63) is 159 Å². The molecule has 493 valence electrons. The van der Waals surface area contributed by atoms with Gasteiger partial charge in [-0.3, -0.25) is 14.1 Å². The first kappa shape index (κ1) is 83.7. The minimum Gasteiger partial charge on any atom is -0.353 e. The number of nitrogens with two attached hydrogens (primary N) is 2. The highest BCUT2D eigenvalue weighted by molar-refractivity contribution is 8.13. The first-order chi connectivity index (χ1) is 40.1. The molecule has 11 N–H and O–H groups in total. The first-order valence-electron chi connectivity index (χ1n) is 27.9. The van der Waals surface area contributed by atoms with Crippen molar-refractivity contribution in [2.24, 2.45) is 11.5 Å². The number of carbonyl (C=O) groups excluding carboxylic acids is 2. The third kappa shape index (κ3) is 28.4. The summed E-state index contributed by atoms with van der Waals surface area (Å²) in [5, 5.41) is 12.5. The fraction of sp³-hybridized carbons (Fsp3) is 0.475. The first-order valence-corrected chi connectivity index (χ1v) is 35.8. The molecular formula is C61H95BCl3N8O11S4. The van der Waals surface area contributed by atoms with Crippen molar-refractivity contribution in [3.63, 3.8) is 0 Å². The highest BCUT2D eigenvalue weighted by Crippen LogP contribution is 2.29. The van der Waals surface area contributed by atoms with Crippen LogP contribution < -0.4 is 42.2 Å². The molecule has 0 fully saturated rings. The van der Waals surface area contributed by atoms with E-state index in [0.717, 1.165) is 80.0 Å². The molecular weight excluding hydrogens is 1270 g/mol. The van der Waals surface area contributed by atoms with Crippen LogP contribution in [0.1, 0.15) is 111 Å². The van der Waals surface area contributed by atoms with Gasteiger partial charge < -0.3 is 32.7 Å². The third-order valence-corrected chi connectivity index (χ3v) is 18.8. The minimum atomic E-state index is -4.19. The minimum absolute atomic E-state index is 0. The van der Waals surface area contributed by atoms with Crippen molar-refractivity contribution in [1.82, 2.24) is 30.7 Å². The molecule has 3 atom stereocenters. The topological polar surface area (TPSA) is 315 Å². The zero-order valence-electron chi connectivity index (χ0n) is 50.1. The number of hydrogen-bond acceptors (Lipinski definition) is 15. The van der Waals surface area contributed by atoms with Gasteiger partial charge in [-0.2, -0.15) is 8.42 Å². The summed E-state index contributed by atoms with van der Waals surface area (Å²) in [6, 6.07) is 34.8. The fourth-order valence-corrected chi connectivity index (χ4v) is 12.6. The molecule has 0 spiro atoms. The highest BCUT2D eigenvalue weighted by atomic mass is 35.7. The van der Waals surface area contributed by atoms with Gasteiger partial charge in [0.05, 0.1) is 14.7 Å². The van der Waals surface area contributed by atoms with Crippen molar-refractivity contribution in [1.29, 1.82) is 0 Å². The van der Waals surface area contributed by atoms with Crippen LogP contribution in [-0.4, -0.2) is 130 Å². The van der Waals surface area contributed by atoms with E-state index in [2.05, 4.69) is 95.7 Å². The van der Waals surface area contributed by atoms with Crippen LogP contribution in [0.2, 0.25) is 0 Å². The Morgan fingerprint density at radius 3 is 1.05 bits per heavy atom. The second-order valence-corrected chi connectivity index (χ2v) is 29.2.